The van der Waals surface area contributed by atoms with Crippen molar-refractivity contribution in [3.63, 3.8) is 0 Å². The third-order valence-electron chi connectivity index (χ3n) is 2.89. The standard InChI is InChI=1S/C14H12N2O/c1-9-4-2-3-5-11(9)14-12-7-6-10(15)8-13(12)16-17-14/h2-8H,15H2,1H3. The second kappa shape index (κ2) is 3.63. The molecular formula is C14H12N2O. The summed E-state index contributed by atoms with van der Waals surface area (Å²) < 4.78 is 5.43. The van der Waals surface area contributed by atoms with Crippen LogP contribution < -0.4 is 5.73 Å². The first kappa shape index (κ1) is 9.90. The van der Waals surface area contributed by atoms with Crippen LogP contribution in [0.5, 0.6) is 0 Å². The van der Waals surface area contributed by atoms with Gasteiger partial charge in [0.1, 0.15) is 5.52 Å². The second-order valence-corrected chi connectivity index (χ2v) is 4.10. The first-order valence-corrected chi connectivity index (χ1v) is 5.46. The molecule has 0 aliphatic carbocycles. The maximum atomic E-state index is 5.72. The second-order valence-electron chi connectivity index (χ2n) is 4.10. The van der Waals surface area contributed by atoms with Crippen molar-refractivity contribution in [1.29, 1.82) is 0 Å². The first-order chi connectivity index (χ1) is 8.25. The molecule has 0 bridgehead atoms. The molecule has 0 aliphatic heterocycles. The third-order valence-corrected chi connectivity index (χ3v) is 2.89. The molecule has 84 valence electrons. The molecule has 0 saturated carbocycles. The molecule has 0 fully saturated rings. The van der Waals surface area contributed by atoms with E-state index >= 15 is 0 Å². The fourth-order valence-corrected chi connectivity index (χ4v) is 1.98. The smallest absolute Gasteiger partial charge is 0.174 e. The predicted molar refractivity (Wildman–Crippen MR) is 68.6 cm³/mol. The highest BCUT2D eigenvalue weighted by Crippen LogP contribution is 2.31. The summed E-state index contributed by atoms with van der Waals surface area (Å²) in [7, 11) is 0. The number of anilines is 1. The lowest BCUT2D eigenvalue weighted by Gasteiger charge is -2.01. The van der Waals surface area contributed by atoms with E-state index in [1.165, 1.54) is 5.56 Å². The Bertz CT molecular complexity index is 686. The highest BCUT2D eigenvalue weighted by Gasteiger charge is 2.12. The summed E-state index contributed by atoms with van der Waals surface area (Å²) >= 11 is 0. The number of hydrogen-bond acceptors (Lipinski definition) is 3. The van der Waals surface area contributed by atoms with Crippen LogP contribution in [0.4, 0.5) is 5.69 Å². The summed E-state index contributed by atoms with van der Waals surface area (Å²) in [6.07, 6.45) is 0. The van der Waals surface area contributed by atoms with Gasteiger partial charge in [-0.05, 0) is 30.7 Å². The van der Waals surface area contributed by atoms with E-state index in [1.807, 2.05) is 36.4 Å². The highest BCUT2D eigenvalue weighted by molar-refractivity contribution is 5.93. The lowest BCUT2D eigenvalue weighted by molar-refractivity contribution is 0.440. The third kappa shape index (κ3) is 1.56. The van der Waals surface area contributed by atoms with Gasteiger partial charge in [-0.15, -0.1) is 0 Å². The maximum Gasteiger partial charge on any atom is 0.174 e. The molecule has 1 aromatic heterocycles. The molecule has 2 aromatic carbocycles. The minimum absolute atomic E-state index is 0.696. The zero-order valence-corrected chi connectivity index (χ0v) is 9.47. The number of benzene rings is 2. The Morgan fingerprint density at radius 1 is 1.12 bits per heavy atom. The summed E-state index contributed by atoms with van der Waals surface area (Å²) in [6.45, 7) is 2.06. The van der Waals surface area contributed by atoms with Crippen LogP contribution in [0.25, 0.3) is 22.2 Å². The Labute approximate surface area is 98.8 Å². The molecular weight excluding hydrogens is 212 g/mol. The molecule has 3 aromatic rings. The number of nitrogens with zero attached hydrogens (tertiary/aromatic N) is 1. The number of aromatic nitrogens is 1. The molecule has 0 amide bonds. The van der Waals surface area contributed by atoms with Gasteiger partial charge in [0.15, 0.2) is 5.76 Å². The van der Waals surface area contributed by atoms with Crippen LogP contribution in [0, 0.1) is 6.92 Å². The van der Waals surface area contributed by atoms with Crippen LogP contribution in [0.3, 0.4) is 0 Å². The zero-order valence-electron chi connectivity index (χ0n) is 9.47. The van der Waals surface area contributed by atoms with Crippen molar-refractivity contribution in [2.75, 3.05) is 5.73 Å². The van der Waals surface area contributed by atoms with Crippen LogP contribution in [0.15, 0.2) is 47.0 Å². The molecule has 0 saturated heterocycles. The highest BCUT2D eigenvalue weighted by atomic mass is 16.5. The maximum absolute atomic E-state index is 5.72. The van der Waals surface area contributed by atoms with Crippen LogP contribution in [-0.2, 0) is 0 Å². The molecule has 3 heteroatoms. The van der Waals surface area contributed by atoms with Crippen molar-refractivity contribution in [3.05, 3.63) is 48.0 Å². The first-order valence-electron chi connectivity index (χ1n) is 5.46. The Morgan fingerprint density at radius 2 is 1.94 bits per heavy atom. The van der Waals surface area contributed by atoms with Gasteiger partial charge in [0.2, 0.25) is 0 Å². The van der Waals surface area contributed by atoms with E-state index in [2.05, 4.69) is 18.1 Å². The molecule has 17 heavy (non-hydrogen) atoms. The fourth-order valence-electron chi connectivity index (χ4n) is 1.98. The van der Waals surface area contributed by atoms with Crippen molar-refractivity contribution >= 4 is 16.6 Å². The molecule has 3 rings (SSSR count). The summed E-state index contributed by atoms with van der Waals surface area (Å²) in [6, 6.07) is 13.7. The summed E-state index contributed by atoms with van der Waals surface area (Å²) in [4.78, 5) is 0. The van der Waals surface area contributed by atoms with Gasteiger partial charge in [-0.3, -0.25) is 0 Å². The quantitative estimate of drug-likeness (QED) is 0.644. The number of hydrogen-bond donors (Lipinski definition) is 1. The number of nitrogens with two attached hydrogens (primary N) is 1. The van der Waals surface area contributed by atoms with Crippen molar-refractivity contribution in [2.24, 2.45) is 0 Å². The van der Waals surface area contributed by atoms with Gasteiger partial charge in [-0.1, -0.05) is 29.4 Å². The fraction of sp³-hybridized carbons (Fsp3) is 0.0714. The van der Waals surface area contributed by atoms with Gasteiger partial charge >= 0.3 is 0 Å². The monoisotopic (exact) mass is 224 g/mol. The molecule has 0 atom stereocenters. The molecule has 0 aliphatic rings. The zero-order chi connectivity index (χ0) is 11.8. The van der Waals surface area contributed by atoms with Gasteiger partial charge in [0.05, 0.1) is 0 Å². The van der Waals surface area contributed by atoms with E-state index < -0.39 is 0 Å². The van der Waals surface area contributed by atoms with E-state index in [-0.39, 0.29) is 0 Å². The van der Waals surface area contributed by atoms with Gasteiger partial charge in [0, 0.05) is 16.6 Å². The topological polar surface area (TPSA) is 52.0 Å². The molecule has 0 unspecified atom stereocenters. The van der Waals surface area contributed by atoms with E-state index in [4.69, 9.17) is 10.3 Å². The number of rotatable bonds is 1. The normalized spacial score (nSPS) is 10.9. The van der Waals surface area contributed by atoms with Crippen LogP contribution in [0.1, 0.15) is 5.56 Å². The predicted octanol–water partition coefficient (Wildman–Crippen LogP) is 3.39. The Hall–Kier alpha value is -2.29. The van der Waals surface area contributed by atoms with Gasteiger partial charge < -0.3 is 10.3 Å². The van der Waals surface area contributed by atoms with Crippen molar-refractivity contribution in [3.8, 4) is 11.3 Å². The lowest BCUT2D eigenvalue weighted by Crippen LogP contribution is -1.83. The van der Waals surface area contributed by atoms with Crippen molar-refractivity contribution < 1.29 is 4.52 Å². The molecule has 1 heterocycles. The van der Waals surface area contributed by atoms with E-state index in [1.54, 1.807) is 0 Å². The van der Waals surface area contributed by atoms with Crippen LogP contribution in [0.2, 0.25) is 0 Å². The van der Waals surface area contributed by atoms with Gasteiger partial charge in [0.25, 0.3) is 0 Å². The largest absolute Gasteiger partial charge is 0.399 e. The minimum Gasteiger partial charge on any atom is -0.399 e. The van der Waals surface area contributed by atoms with E-state index in [0.717, 1.165) is 22.2 Å². The molecule has 0 radical (unpaired) electrons. The Morgan fingerprint density at radius 3 is 2.76 bits per heavy atom. The minimum atomic E-state index is 0.696. The molecule has 0 spiro atoms. The number of fused-ring (bicyclic) bond motifs is 1. The van der Waals surface area contributed by atoms with Crippen molar-refractivity contribution in [2.45, 2.75) is 6.92 Å². The Balaban J connectivity index is 2.29. The number of aryl methyl sites for hydroxylation is 1. The SMILES string of the molecule is Cc1ccccc1-c1onc2cc(N)ccc12. The van der Waals surface area contributed by atoms with Crippen molar-refractivity contribution in [1.82, 2.24) is 5.16 Å². The van der Waals surface area contributed by atoms with E-state index in [9.17, 15) is 0 Å². The van der Waals surface area contributed by atoms with Gasteiger partial charge in [-0.25, -0.2) is 0 Å². The lowest BCUT2D eigenvalue weighted by atomic mass is 10.0. The Kier molecular flexibility index (Phi) is 2.11. The van der Waals surface area contributed by atoms with Gasteiger partial charge in [-0.2, -0.15) is 0 Å². The molecule has 2 N–H and O–H groups in total. The van der Waals surface area contributed by atoms with Crippen LogP contribution >= 0.6 is 0 Å². The summed E-state index contributed by atoms with van der Waals surface area (Å²) in [5.74, 6) is 0.804. The van der Waals surface area contributed by atoms with E-state index in [0.29, 0.717) is 5.69 Å². The average Bonchev–Trinajstić information content (AvgIpc) is 2.72. The summed E-state index contributed by atoms with van der Waals surface area (Å²) in [5, 5.41) is 5.04. The molecule has 3 nitrogen and oxygen atoms in total. The summed E-state index contributed by atoms with van der Waals surface area (Å²) in [5.41, 5.74) is 9.45. The van der Waals surface area contributed by atoms with Crippen LogP contribution in [-0.4, -0.2) is 5.16 Å². The average molecular weight is 224 g/mol. The number of nitrogen functional groups attached to an aromatic ring is 1.